The molecular formula is C20H21N3OS3. The molecule has 1 amide bonds. The van der Waals surface area contributed by atoms with Crippen molar-refractivity contribution in [3.05, 3.63) is 65.7 Å². The zero-order chi connectivity index (χ0) is 19.1. The monoisotopic (exact) mass is 415 g/mol. The van der Waals surface area contributed by atoms with Crippen LogP contribution in [0.15, 0.2) is 63.8 Å². The Morgan fingerprint density at radius 3 is 2.48 bits per heavy atom. The Morgan fingerprint density at radius 2 is 1.78 bits per heavy atom. The van der Waals surface area contributed by atoms with Gasteiger partial charge in [-0.25, -0.2) is 0 Å². The van der Waals surface area contributed by atoms with Crippen LogP contribution in [0.1, 0.15) is 29.8 Å². The van der Waals surface area contributed by atoms with Gasteiger partial charge in [0.05, 0.1) is 0 Å². The average molecular weight is 416 g/mol. The van der Waals surface area contributed by atoms with Gasteiger partial charge in [0, 0.05) is 22.0 Å². The number of hydrogen-bond acceptors (Lipinski definition) is 6. The Balaban J connectivity index is 1.53. The summed E-state index contributed by atoms with van der Waals surface area (Å²) in [5, 5.41) is 11.5. The maximum Gasteiger partial charge on any atom is 0.257 e. The van der Waals surface area contributed by atoms with E-state index in [2.05, 4.69) is 41.5 Å². The molecule has 1 heterocycles. The van der Waals surface area contributed by atoms with E-state index in [1.165, 1.54) is 21.8 Å². The standard InChI is InChI=1S/C20H21N3OS3/c1-14(2)12-26-20-23-22-19(27-20)21-18(24)16-10-8-15(9-11-16)13-25-17-6-4-3-5-7-17/h3-11,14H,12-13H2,1-2H3,(H,21,22,24). The summed E-state index contributed by atoms with van der Waals surface area (Å²) in [4.78, 5) is 13.6. The van der Waals surface area contributed by atoms with Crippen LogP contribution >= 0.6 is 34.9 Å². The molecule has 27 heavy (non-hydrogen) atoms. The molecule has 0 spiro atoms. The van der Waals surface area contributed by atoms with Crippen LogP contribution in [0.3, 0.4) is 0 Å². The number of nitrogens with one attached hydrogen (secondary N) is 1. The van der Waals surface area contributed by atoms with E-state index < -0.39 is 0 Å². The van der Waals surface area contributed by atoms with Crippen molar-refractivity contribution in [3.8, 4) is 0 Å². The molecule has 0 saturated heterocycles. The molecule has 0 unspecified atom stereocenters. The number of amides is 1. The lowest BCUT2D eigenvalue weighted by atomic mass is 10.1. The van der Waals surface area contributed by atoms with Crippen LogP contribution in [-0.4, -0.2) is 21.9 Å². The summed E-state index contributed by atoms with van der Waals surface area (Å²) in [5.74, 6) is 2.30. The number of anilines is 1. The van der Waals surface area contributed by atoms with Crippen LogP contribution in [0.4, 0.5) is 5.13 Å². The molecule has 0 aliphatic carbocycles. The molecule has 140 valence electrons. The average Bonchev–Trinajstić information content (AvgIpc) is 3.13. The van der Waals surface area contributed by atoms with Crippen LogP contribution < -0.4 is 5.32 Å². The topological polar surface area (TPSA) is 54.9 Å². The van der Waals surface area contributed by atoms with Gasteiger partial charge in [-0.2, -0.15) is 0 Å². The van der Waals surface area contributed by atoms with Gasteiger partial charge in [0.15, 0.2) is 4.34 Å². The smallest absolute Gasteiger partial charge is 0.257 e. The summed E-state index contributed by atoms with van der Waals surface area (Å²) in [5.41, 5.74) is 1.80. The van der Waals surface area contributed by atoms with Gasteiger partial charge >= 0.3 is 0 Å². The highest BCUT2D eigenvalue weighted by molar-refractivity contribution is 8.01. The third-order valence-electron chi connectivity index (χ3n) is 3.53. The second-order valence-electron chi connectivity index (χ2n) is 6.33. The first kappa shape index (κ1) is 19.9. The van der Waals surface area contributed by atoms with Crippen molar-refractivity contribution in [1.29, 1.82) is 0 Å². The van der Waals surface area contributed by atoms with Gasteiger partial charge in [-0.3, -0.25) is 10.1 Å². The van der Waals surface area contributed by atoms with Crippen molar-refractivity contribution in [2.75, 3.05) is 11.1 Å². The second-order valence-corrected chi connectivity index (χ2v) is 9.62. The Morgan fingerprint density at radius 1 is 1.04 bits per heavy atom. The summed E-state index contributed by atoms with van der Waals surface area (Å²) in [7, 11) is 0. The number of aromatic nitrogens is 2. The fourth-order valence-electron chi connectivity index (χ4n) is 2.16. The van der Waals surface area contributed by atoms with Gasteiger partial charge < -0.3 is 0 Å². The first-order valence-electron chi connectivity index (χ1n) is 8.64. The first-order valence-corrected chi connectivity index (χ1v) is 11.4. The van der Waals surface area contributed by atoms with Crippen molar-refractivity contribution in [2.24, 2.45) is 5.92 Å². The summed E-state index contributed by atoms with van der Waals surface area (Å²) < 4.78 is 0.882. The van der Waals surface area contributed by atoms with E-state index in [1.807, 2.05) is 42.5 Å². The van der Waals surface area contributed by atoms with Gasteiger partial charge in [0.1, 0.15) is 0 Å². The molecule has 0 radical (unpaired) electrons. The Hall–Kier alpha value is -1.83. The molecule has 0 fully saturated rings. The SMILES string of the molecule is CC(C)CSc1nnc(NC(=O)c2ccc(CSc3ccccc3)cc2)s1. The van der Waals surface area contributed by atoms with E-state index in [0.717, 1.165) is 15.8 Å². The Kier molecular flexibility index (Phi) is 7.32. The second kappa shape index (κ2) is 9.92. The lowest BCUT2D eigenvalue weighted by molar-refractivity contribution is 0.102. The minimum Gasteiger partial charge on any atom is -0.296 e. The summed E-state index contributed by atoms with van der Waals surface area (Å²) in [6, 6.07) is 18.0. The molecular weight excluding hydrogens is 394 g/mol. The van der Waals surface area contributed by atoms with E-state index in [4.69, 9.17) is 0 Å². The Bertz CT molecular complexity index is 864. The van der Waals surface area contributed by atoms with Crippen LogP contribution in [0, 0.1) is 5.92 Å². The highest BCUT2D eigenvalue weighted by atomic mass is 32.2. The van der Waals surface area contributed by atoms with Crippen LogP contribution in [0.5, 0.6) is 0 Å². The summed E-state index contributed by atoms with van der Waals surface area (Å²) >= 11 is 4.86. The van der Waals surface area contributed by atoms with Crippen LogP contribution in [0.25, 0.3) is 0 Å². The maximum atomic E-state index is 12.4. The highest BCUT2D eigenvalue weighted by Gasteiger charge is 2.11. The summed E-state index contributed by atoms with van der Waals surface area (Å²) in [6.07, 6.45) is 0. The van der Waals surface area contributed by atoms with E-state index in [9.17, 15) is 4.79 Å². The minimum absolute atomic E-state index is 0.158. The molecule has 1 aromatic heterocycles. The molecule has 3 rings (SSSR count). The van der Waals surface area contributed by atoms with Crippen molar-refractivity contribution in [1.82, 2.24) is 10.2 Å². The molecule has 0 bridgehead atoms. The molecule has 3 aromatic rings. The van der Waals surface area contributed by atoms with Crippen LogP contribution in [0.2, 0.25) is 0 Å². The van der Waals surface area contributed by atoms with E-state index in [-0.39, 0.29) is 5.91 Å². The third-order valence-corrected chi connectivity index (χ3v) is 7.01. The molecule has 2 aromatic carbocycles. The van der Waals surface area contributed by atoms with E-state index in [0.29, 0.717) is 16.6 Å². The van der Waals surface area contributed by atoms with Gasteiger partial charge in [0.25, 0.3) is 5.91 Å². The highest BCUT2D eigenvalue weighted by Crippen LogP contribution is 2.27. The zero-order valence-corrected chi connectivity index (χ0v) is 17.7. The number of hydrogen-bond donors (Lipinski definition) is 1. The minimum atomic E-state index is -0.158. The number of thioether (sulfide) groups is 2. The third kappa shape index (κ3) is 6.37. The van der Waals surface area contributed by atoms with E-state index >= 15 is 0 Å². The van der Waals surface area contributed by atoms with Crippen LogP contribution in [-0.2, 0) is 5.75 Å². The number of benzene rings is 2. The van der Waals surface area contributed by atoms with Crippen molar-refractivity contribution in [3.63, 3.8) is 0 Å². The molecule has 4 nitrogen and oxygen atoms in total. The van der Waals surface area contributed by atoms with Crippen molar-refractivity contribution in [2.45, 2.75) is 28.8 Å². The number of carbonyl (C=O) groups is 1. The maximum absolute atomic E-state index is 12.4. The van der Waals surface area contributed by atoms with Gasteiger partial charge in [0.2, 0.25) is 5.13 Å². The van der Waals surface area contributed by atoms with Crippen molar-refractivity contribution < 1.29 is 4.79 Å². The molecule has 1 N–H and O–H groups in total. The normalized spacial score (nSPS) is 10.9. The predicted octanol–water partition coefficient (Wildman–Crippen LogP) is 5.83. The Labute approximate surface area is 172 Å². The number of nitrogens with zero attached hydrogens (tertiary/aromatic N) is 2. The van der Waals surface area contributed by atoms with Gasteiger partial charge in [-0.15, -0.1) is 22.0 Å². The number of rotatable bonds is 8. The molecule has 0 aliphatic rings. The number of carbonyl (C=O) groups excluding carboxylic acids is 1. The van der Waals surface area contributed by atoms with E-state index in [1.54, 1.807) is 23.5 Å². The van der Waals surface area contributed by atoms with Crippen molar-refractivity contribution >= 4 is 45.9 Å². The first-order chi connectivity index (χ1) is 13.1. The zero-order valence-electron chi connectivity index (χ0n) is 15.2. The fraction of sp³-hybridized carbons (Fsp3) is 0.250. The largest absolute Gasteiger partial charge is 0.296 e. The predicted molar refractivity (Wildman–Crippen MR) is 116 cm³/mol. The lowest BCUT2D eigenvalue weighted by Gasteiger charge is -2.04. The van der Waals surface area contributed by atoms with Gasteiger partial charge in [-0.1, -0.05) is 67.3 Å². The molecule has 0 saturated carbocycles. The molecule has 0 atom stereocenters. The lowest BCUT2D eigenvalue weighted by Crippen LogP contribution is -2.11. The molecule has 0 aliphatic heterocycles. The summed E-state index contributed by atoms with van der Waals surface area (Å²) in [6.45, 7) is 4.33. The molecule has 7 heteroatoms. The fourth-order valence-corrected chi connectivity index (χ4v) is 4.76. The quantitative estimate of drug-likeness (QED) is 0.370. The van der Waals surface area contributed by atoms with Gasteiger partial charge in [-0.05, 0) is 35.7 Å².